The van der Waals surface area contributed by atoms with Gasteiger partial charge in [0.2, 0.25) is 0 Å². The van der Waals surface area contributed by atoms with Gasteiger partial charge in [-0.15, -0.1) is 22.7 Å². The molecule has 0 bridgehead atoms. The van der Waals surface area contributed by atoms with Crippen LogP contribution in [-0.4, -0.2) is 9.97 Å². The minimum absolute atomic E-state index is 0.546. The van der Waals surface area contributed by atoms with Crippen molar-refractivity contribution < 1.29 is 0 Å². The third kappa shape index (κ3) is 4.39. The monoisotopic (exact) mass is 336 g/mol. The van der Waals surface area contributed by atoms with Gasteiger partial charge in [-0.25, -0.2) is 9.97 Å². The summed E-state index contributed by atoms with van der Waals surface area (Å²) in [6.07, 6.45) is 6.48. The summed E-state index contributed by atoms with van der Waals surface area (Å²) in [5, 5.41) is 2.58. The van der Waals surface area contributed by atoms with Crippen molar-refractivity contribution in [3.63, 3.8) is 0 Å². The zero-order valence-electron chi connectivity index (χ0n) is 14.6. The Morgan fingerprint density at radius 3 is 1.36 bits per heavy atom. The van der Waals surface area contributed by atoms with E-state index < -0.39 is 0 Å². The number of hydrogen-bond donors (Lipinski definition) is 0. The van der Waals surface area contributed by atoms with E-state index in [0.717, 1.165) is 0 Å². The second-order valence-corrected chi connectivity index (χ2v) is 9.08. The molecule has 0 N–H and O–H groups in total. The lowest BCUT2D eigenvalue weighted by molar-refractivity contribution is 0.570. The normalized spacial score (nSPS) is 14.7. The standard InChI is InChI=1S/C18H28N2S2/c1-11(2)15-9-19-17(21-15)13(5)7-8-14(6)18-20-10-16(22-18)12(3)4/h9-14H,7-8H2,1-6H3. The van der Waals surface area contributed by atoms with Crippen LogP contribution in [0.4, 0.5) is 0 Å². The Morgan fingerprint density at radius 1 is 0.727 bits per heavy atom. The van der Waals surface area contributed by atoms with Crippen LogP contribution in [0.3, 0.4) is 0 Å². The zero-order chi connectivity index (χ0) is 16.3. The van der Waals surface area contributed by atoms with Crippen molar-refractivity contribution in [2.24, 2.45) is 0 Å². The highest BCUT2D eigenvalue weighted by atomic mass is 32.1. The Balaban J connectivity index is 1.90. The molecule has 0 aliphatic heterocycles. The quantitative estimate of drug-likeness (QED) is 0.574. The molecular weight excluding hydrogens is 308 g/mol. The van der Waals surface area contributed by atoms with Crippen molar-refractivity contribution in [3.05, 3.63) is 32.2 Å². The van der Waals surface area contributed by atoms with E-state index >= 15 is 0 Å². The molecule has 0 fully saturated rings. The van der Waals surface area contributed by atoms with Gasteiger partial charge in [-0.05, 0) is 24.7 Å². The van der Waals surface area contributed by atoms with Crippen LogP contribution in [0.25, 0.3) is 0 Å². The molecule has 22 heavy (non-hydrogen) atoms. The van der Waals surface area contributed by atoms with Crippen LogP contribution in [0.1, 0.15) is 97.8 Å². The summed E-state index contributed by atoms with van der Waals surface area (Å²) in [7, 11) is 0. The van der Waals surface area contributed by atoms with Crippen molar-refractivity contribution in [2.45, 2.75) is 78.1 Å². The number of thiazole rings is 2. The van der Waals surface area contributed by atoms with Crippen LogP contribution in [0, 0.1) is 0 Å². The molecule has 0 radical (unpaired) electrons. The molecule has 0 amide bonds. The maximum Gasteiger partial charge on any atom is 0.0955 e. The summed E-state index contributed by atoms with van der Waals surface area (Å²) in [6, 6.07) is 0. The fourth-order valence-corrected chi connectivity index (χ4v) is 4.35. The second kappa shape index (κ2) is 7.69. The van der Waals surface area contributed by atoms with Crippen molar-refractivity contribution >= 4 is 22.7 Å². The fourth-order valence-electron chi connectivity index (χ4n) is 2.34. The largest absolute Gasteiger partial charge is 0.249 e. The molecule has 0 aliphatic carbocycles. The topological polar surface area (TPSA) is 25.8 Å². The van der Waals surface area contributed by atoms with Crippen LogP contribution < -0.4 is 0 Å². The summed E-state index contributed by atoms with van der Waals surface area (Å²) >= 11 is 3.76. The summed E-state index contributed by atoms with van der Waals surface area (Å²) < 4.78 is 0. The van der Waals surface area contributed by atoms with E-state index in [1.165, 1.54) is 32.6 Å². The van der Waals surface area contributed by atoms with Crippen molar-refractivity contribution in [3.8, 4) is 0 Å². The summed E-state index contributed by atoms with van der Waals surface area (Å²) in [6.45, 7) is 13.5. The van der Waals surface area contributed by atoms with E-state index in [9.17, 15) is 0 Å². The van der Waals surface area contributed by atoms with E-state index in [-0.39, 0.29) is 0 Å². The molecule has 2 nitrogen and oxygen atoms in total. The van der Waals surface area contributed by atoms with Gasteiger partial charge in [-0.1, -0.05) is 41.5 Å². The first-order valence-electron chi connectivity index (χ1n) is 8.29. The molecule has 2 heterocycles. The predicted octanol–water partition coefficient (Wildman–Crippen LogP) is 6.53. The van der Waals surface area contributed by atoms with Gasteiger partial charge in [-0.3, -0.25) is 0 Å². The van der Waals surface area contributed by atoms with Gasteiger partial charge in [0, 0.05) is 34.0 Å². The van der Waals surface area contributed by atoms with Gasteiger partial charge in [0.25, 0.3) is 0 Å². The SMILES string of the molecule is CC(C)c1cnc(C(C)CCC(C)c2ncc(C(C)C)s2)s1. The fraction of sp³-hybridized carbons (Fsp3) is 0.667. The highest BCUT2D eigenvalue weighted by Gasteiger charge is 2.16. The van der Waals surface area contributed by atoms with Crippen LogP contribution in [0.5, 0.6) is 0 Å². The third-order valence-corrected chi connectivity index (χ3v) is 7.16. The first-order chi connectivity index (χ1) is 10.4. The van der Waals surface area contributed by atoms with E-state index in [1.54, 1.807) is 0 Å². The zero-order valence-corrected chi connectivity index (χ0v) is 16.2. The van der Waals surface area contributed by atoms with Crippen molar-refractivity contribution in [1.29, 1.82) is 0 Å². The lowest BCUT2D eigenvalue weighted by atomic mass is 9.99. The highest BCUT2D eigenvalue weighted by molar-refractivity contribution is 7.12. The smallest absolute Gasteiger partial charge is 0.0955 e. The first-order valence-corrected chi connectivity index (χ1v) is 9.93. The molecule has 0 saturated carbocycles. The first kappa shape index (κ1) is 17.6. The molecule has 2 rings (SSSR count). The Morgan fingerprint density at radius 2 is 1.09 bits per heavy atom. The highest BCUT2D eigenvalue weighted by Crippen LogP contribution is 2.33. The predicted molar refractivity (Wildman–Crippen MR) is 98.5 cm³/mol. The summed E-state index contributed by atoms with van der Waals surface area (Å²) in [4.78, 5) is 12.0. The molecule has 2 aromatic rings. The number of rotatable bonds is 7. The third-order valence-electron chi connectivity index (χ3n) is 4.10. The number of aromatic nitrogens is 2. The van der Waals surface area contributed by atoms with E-state index in [4.69, 9.17) is 0 Å². The molecule has 4 heteroatoms. The molecule has 0 aliphatic rings. The molecule has 122 valence electrons. The number of nitrogens with zero attached hydrogens (tertiary/aromatic N) is 2. The Hall–Kier alpha value is -0.740. The Labute approximate surface area is 143 Å². The van der Waals surface area contributed by atoms with E-state index in [0.29, 0.717) is 23.7 Å². The van der Waals surface area contributed by atoms with Crippen LogP contribution in [0.2, 0.25) is 0 Å². The Kier molecular flexibility index (Phi) is 6.16. The summed E-state index contributed by atoms with van der Waals surface area (Å²) in [5.74, 6) is 2.26. The van der Waals surface area contributed by atoms with Gasteiger partial charge in [-0.2, -0.15) is 0 Å². The molecule has 0 aromatic carbocycles. The van der Waals surface area contributed by atoms with Crippen molar-refractivity contribution in [1.82, 2.24) is 9.97 Å². The number of hydrogen-bond acceptors (Lipinski definition) is 4. The lowest BCUT2D eigenvalue weighted by Crippen LogP contribution is -1.98. The lowest BCUT2D eigenvalue weighted by Gasteiger charge is -2.12. The molecule has 0 saturated heterocycles. The maximum atomic E-state index is 4.62. The van der Waals surface area contributed by atoms with Crippen LogP contribution in [-0.2, 0) is 0 Å². The molecular formula is C18H28N2S2. The van der Waals surface area contributed by atoms with Crippen molar-refractivity contribution in [2.75, 3.05) is 0 Å². The average molecular weight is 337 g/mol. The van der Waals surface area contributed by atoms with Crippen LogP contribution in [0.15, 0.2) is 12.4 Å². The van der Waals surface area contributed by atoms with Gasteiger partial charge in [0.15, 0.2) is 0 Å². The van der Waals surface area contributed by atoms with E-state index in [2.05, 4.69) is 63.9 Å². The minimum Gasteiger partial charge on any atom is -0.249 e. The minimum atomic E-state index is 0.546. The van der Waals surface area contributed by atoms with Gasteiger partial charge in [0.1, 0.15) is 0 Å². The van der Waals surface area contributed by atoms with Gasteiger partial charge < -0.3 is 0 Å². The molecule has 2 aromatic heterocycles. The molecule has 2 unspecified atom stereocenters. The average Bonchev–Trinajstić information content (AvgIpc) is 3.12. The molecule has 2 atom stereocenters. The molecule has 0 spiro atoms. The van der Waals surface area contributed by atoms with Gasteiger partial charge >= 0.3 is 0 Å². The van der Waals surface area contributed by atoms with E-state index in [1.807, 2.05) is 22.7 Å². The Bertz CT molecular complexity index is 531. The van der Waals surface area contributed by atoms with Gasteiger partial charge in [0.05, 0.1) is 10.0 Å². The maximum absolute atomic E-state index is 4.62. The van der Waals surface area contributed by atoms with Crippen LogP contribution >= 0.6 is 22.7 Å². The summed E-state index contributed by atoms with van der Waals surface area (Å²) in [5.41, 5.74) is 0. The second-order valence-electron chi connectivity index (χ2n) is 6.89.